The van der Waals surface area contributed by atoms with Gasteiger partial charge in [0.1, 0.15) is 0 Å². The van der Waals surface area contributed by atoms with Gasteiger partial charge in [0.15, 0.2) is 0 Å². The molecule has 16 heavy (non-hydrogen) atoms. The minimum absolute atomic E-state index is 0.772. The van der Waals surface area contributed by atoms with E-state index in [2.05, 4.69) is 32.9 Å². The summed E-state index contributed by atoms with van der Waals surface area (Å²) in [4.78, 5) is 0. The van der Waals surface area contributed by atoms with Crippen molar-refractivity contribution in [3.05, 3.63) is 12.2 Å². The summed E-state index contributed by atoms with van der Waals surface area (Å²) in [5.74, 6) is 2.80. The van der Waals surface area contributed by atoms with Crippen molar-refractivity contribution in [1.82, 2.24) is 0 Å². The van der Waals surface area contributed by atoms with Gasteiger partial charge in [-0.1, -0.05) is 65.0 Å². The SMILES string of the molecule is CCC(C)/C=C/CCCC1CCCCC1C. The molecule has 0 heteroatoms. The van der Waals surface area contributed by atoms with Crippen LogP contribution in [0.2, 0.25) is 0 Å². The van der Waals surface area contributed by atoms with Gasteiger partial charge in [-0.3, -0.25) is 0 Å². The smallest absolute Gasteiger partial charge is 0.0265 e. The van der Waals surface area contributed by atoms with Gasteiger partial charge in [-0.15, -0.1) is 0 Å². The Morgan fingerprint density at radius 2 is 2.00 bits per heavy atom. The van der Waals surface area contributed by atoms with Crippen LogP contribution in [0.3, 0.4) is 0 Å². The summed E-state index contributed by atoms with van der Waals surface area (Å²) in [7, 11) is 0. The predicted molar refractivity (Wildman–Crippen MR) is 73.6 cm³/mol. The summed E-state index contributed by atoms with van der Waals surface area (Å²) in [6.07, 6.45) is 16.2. The van der Waals surface area contributed by atoms with Crippen molar-refractivity contribution >= 4 is 0 Å². The van der Waals surface area contributed by atoms with Gasteiger partial charge >= 0.3 is 0 Å². The van der Waals surface area contributed by atoms with E-state index in [1.54, 1.807) is 0 Å². The van der Waals surface area contributed by atoms with E-state index >= 15 is 0 Å². The minimum Gasteiger partial charge on any atom is -0.0883 e. The van der Waals surface area contributed by atoms with Crippen molar-refractivity contribution in [2.24, 2.45) is 17.8 Å². The van der Waals surface area contributed by atoms with Gasteiger partial charge in [0, 0.05) is 0 Å². The van der Waals surface area contributed by atoms with E-state index < -0.39 is 0 Å². The zero-order chi connectivity index (χ0) is 11.8. The Bertz CT molecular complexity index is 192. The van der Waals surface area contributed by atoms with Crippen molar-refractivity contribution in [3.8, 4) is 0 Å². The third-order valence-electron chi connectivity index (χ3n) is 4.34. The van der Waals surface area contributed by atoms with E-state index in [0.29, 0.717) is 0 Å². The fourth-order valence-electron chi connectivity index (χ4n) is 2.78. The molecule has 0 N–H and O–H groups in total. The lowest BCUT2D eigenvalue weighted by Gasteiger charge is -2.28. The molecule has 0 heterocycles. The van der Waals surface area contributed by atoms with Gasteiger partial charge in [-0.05, 0) is 37.0 Å². The van der Waals surface area contributed by atoms with Crippen LogP contribution in [0.5, 0.6) is 0 Å². The lowest BCUT2D eigenvalue weighted by Crippen LogP contribution is -2.16. The summed E-state index contributed by atoms with van der Waals surface area (Å²) in [6, 6.07) is 0. The highest BCUT2D eigenvalue weighted by molar-refractivity contribution is 4.86. The Kier molecular flexibility index (Phi) is 6.84. The molecule has 0 aromatic rings. The van der Waals surface area contributed by atoms with Crippen LogP contribution in [0.4, 0.5) is 0 Å². The van der Waals surface area contributed by atoms with E-state index in [1.165, 1.54) is 51.4 Å². The van der Waals surface area contributed by atoms with E-state index in [0.717, 1.165) is 17.8 Å². The lowest BCUT2D eigenvalue weighted by atomic mass is 9.78. The van der Waals surface area contributed by atoms with Gasteiger partial charge in [-0.25, -0.2) is 0 Å². The fourth-order valence-corrected chi connectivity index (χ4v) is 2.78. The molecule has 0 spiro atoms. The molecule has 0 aliphatic heterocycles. The van der Waals surface area contributed by atoms with Crippen LogP contribution in [-0.2, 0) is 0 Å². The molecule has 1 aliphatic rings. The van der Waals surface area contributed by atoms with Gasteiger partial charge in [0.25, 0.3) is 0 Å². The quantitative estimate of drug-likeness (QED) is 0.406. The molecule has 1 fully saturated rings. The highest BCUT2D eigenvalue weighted by Gasteiger charge is 2.20. The van der Waals surface area contributed by atoms with Crippen molar-refractivity contribution in [2.45, 2.75) is 72.1 Å². The van der Waals surface area contributed by atoms with Crippen LogP contribution >= 0.6 is 0 Å². The van der Waals surface area contributed by atoms with Gasteiger partial charge in [0.05, 0.1) is 0 Å². The van der Waals surface area contributed by atoms with Gasteiger partial charge in [-0.2, -0.15) is 0 Å². The molecular weight excluding hydrogens is 192 g/mol. The third kappa shape index (κ3) is 5.18. The summed E-state index contributed by atoms with van der Waals surface area (Å²) in [5.41, 5.74) is 0. The second-order valence-electron chi connectivity index (χ2n) is 5.77. The highest BCUT2D eigenvalue weighted by Crippen LogP contribution is 2.32. The molecule has 1 aliphatic carbocycles. The normalized spacial score (nSPS) is 28.4. The molecule has 0 aromatic heterocycles. The van der Waals surface area contributed by atoms with Crippen molar-refractivity contribution in [3.63, 3.8) is 0 Å². The first kappa shape index (κ1) is 13.8. The number of rotatable bonds is 6. The Hall–Kier alpha value is -0.260. The number of allylic oxidation sites excluding steroid dienone is 2. The number of hydrogen-bond donors (Lipinski definition) is 0. The maximum Gasteiger partial charge on any atom is -0.0265 e. The van der Waals surface area contributed by atoms with Crippen molar-refractivity contribution in [2.75, 3.05) is 0 Å². The molecule has 3 unspecified atom stereocenters. The first-order chi connectivity index (χ1) is 7.74. The van der Waals surface area contributed by atoms with Crippen LogP contribution in [0.15, 0.2) is 12.2 Å². The topological polar surface area (TPSA) is 0 Å². The Morgan fingerprint density at radius 1 is 1.25 bits per heavy atom. The Labute approximate surface area is 103 Å². The molecule has 0 nitrogen and oxygen atoms in total. The van der Waals surface area contributed by atoms with Crippen LogP contribution in [0.1, 0.15) is 72.1 Å². The number of unbranched alkanes of at least 4 members (excludes halogenated alkanes) is 1. The average Bonchev–Trinajstić information content (AvgIpc) is 2.30. The second-order valence-corrected chi connectivity index (χ2v) is 5.77. The summed E-state index contributed by atoms with van der Waals surface area (Å²) in [5, 5.41) is 0. The molecule has 3 atom stereocenters. The molecule has 0 aromatic carbocycles. The van der Waals surface area contributed by atoms with E-state index in [4.69, 9.17) is 0 Å². The van der Waals surface area contributed by atoms with Crippen LogP contribution in [-0.4, -0.2) is 0 Å². The summed E-state index contributed by atoms with van der Waals surface area (Å²) >= 11 is 0. The monoisotopic (exact) mass is 222 g/mol. The van der Waals surface area contributed by atoms with Crippen molar-refractivity contribution in [1.29, 1.82) is 0 Å². The zero-order valence-electron chi connectivity index (χ0n) is 11.5. The lowest BCUT2D eigenvalue weighted by molar-refractivity contribution is 0.238. The minimum atomic E-state index is 0.772. The second kappa shape index (κ2) is 7.92. The maximum absolute atomic E-state index is 2.46. The average molecular weight is 222 g/mol. The maximum atomic E-state index is 2.46. The van der Waals surface area contributed by atoms with Crippen LogP contribution in [0.25, 0.3) is 0 Å². The summed E-state index contributed by atoms with van der Waals surface area (Å²) in [6.45, 7) is 7.03. The van der Waals surface area contributed by atoms with Crippen LogP contribution in [0, 0.1) is 17.8 Å². The summed E-state index contributed by atoms with van der Waals surface area (Å²) < 4.78 is 0. The number of hydrogen-bond acceptors (Lipinski definition) is 0. The molecule has 94 valence electrons. The molecule has 0 radical (unpaired) electrons. The van der Waals surface area contributed by atoms with Crippen molar-refractivity contribution < 1.29 is 0 Å². The molecule has 0 bridgehead atoms. The Morgan fingerprint density at radius 3 is 2.69 bits per heavy atom. The van der Waals surface area contributed by atoms with Gasteiger partial charge in [0.2, 0.25) is 0 Å². The molecule has 1 saturated carbocycles. The first-order valence-electron chi connectivity index (χ1n) is 7.40. The Balaban J connectivity index is 2.08. The third-order valence-corrected chi connectivity index (χ3v) is 4.34. The van der Waals surface area contributed by atoms with E-state index in [-0.39, 0.29) is 0 Å². The first-order valence-corrected chi connectivity index (χ1v) is 7.40. The molecule has 0 amide bonds. The van der Waals surface area contributed by atoms with E-state index in [9.17, 15) is 0 Å². The highest BCUT2D eigenvalue weighted by atomic mass is 14.3. The van der Waals surface area contributed by atoms with Gasteiger partial charge < -0.3 is 0 Å². The van der Waals surface area contributed by atoms with Crippen LogP contribution < -0.4 is 0 Å². The molecule has 1 rings (SSSR count). The zero-order valence-corrected chi connectivity index (χ0v) is 11.5. The molecule has 0 saturated heterocycles. The largest absolute Gasteiger partial charge is 0.0883 e. The standard InChI is InChI=1S/C16H30/c1-4-14(2)10-6-5-7-12-16-13-9-8-11-15(16)3/h6,10,14-16H,4-5,7-9,11-13H2,1-3H3/b10-6+. The fraction of sp³-hybridized carbons (Fsp3) is 0.875. The molecular formula is C16H30. The predicted octanol–water partition coefficient (Wildman–Crippen LogP) is 5.59. The van der Waals surface area contributed by atoms with E-state index in [1.807, 2.05) is 0 Å².